The number of hydrogen-bond acceptors (Lipinski definition) is 3. The molecule has 28 heavy (non-hydrogen) atoms. The molecule has 0 radical (unpaired) electrons. The Morgan fingerprint density at radius 3 is 2.32 bits per heavy atom. The van der Waals surface area contributed by atoms with E-state index in [1.54, 1.807) is 22.9 Å². The molecule has 1 heterocycles. The van der Waals surface area contributed by atoms with Gasteiger partial charge in [-0.2, -0.15) is 0 Å². The Labute approximate surface area is 162 Å². The molecule has 4 aromatic rings. The third kappa shape index (κ3) is 3.18. The van der Waals surface area contributed by atoms with E-state index in [4.69, 9.17) is 10.8 Å². The summed E-state index contributed by atoms with van der Waals surface area (Å²) in [5, 5.41) is 16.1. The molecule has 5 nitrogen and oxygen atoms in total. The molecule has 0 bridgehead atoms. The minimum absolute atomic E-state index is 0.251. The zero-order chi connectivity index (χ0) is 19.7. The van der Waals surface area contributed by atoms with Gasteiger partial charge in [0.05, 0.1) is 10.9 Å². The highest BCUT2D eigenvalue weighted by atomic mass is 16.4. The summed E-state index contributed by atoms with van der Waals surface area (Å²) in [5.41, 5.74) is 10.3. The van der Waals surface area contributed by atoms with Crippen molar-refractivity contribution in [2.75, 3.05) is 5.73 Å². The number of nitrogens with two attached hydrogens (primary N) is 1. The molecule has 0 aliphatic rings. The molecule has 1 aromatic heterocycles. The first-order valence-corrected chi connectivity index (χ1v) is 9.01. The van der Waals surface area contributed by atoms with Crippen LogP contribution in [0.25, 0.3) is 22.0 Å². The number of nitrogen functional groups attached to an aromatic ring is 1. The molecule has 138 valence electrons. The van der Waals surface area contributed by atoms with Crippen LogP contribution in [0.3, 0.4) is 0 Å². The lowest BCUT2D eigenvalue weighted by molar-refractivity contribution is -0.730. The number of carboxylic acid groups (broad SMARTS) is 1. The molecule has 5 heteroatoms. The summed E-state index contributed by atoms with van der Waals surface area (Å²) in [7, 11) is 0. The number of aromatic nitrogens is 2. The van der Waals surface area contributed by atoms with Crippen LogP contribution in [-0.2, 0) is 6.54 Å². The van der Waals surface area contributed by atoms with E-state index in [0.717, 1.165) is 22.0 Å². The fourth-order valence-corrected chi connectivity index (χ4v) is 3.35. The van der Waals surface area contributed by atoms with Crippen molar-refractivity contribution in [1.29, 1.82) is 0 Å². The minimum atomic E-state index is -0.964. The molecule has 0 saturated heterocycles. The van der Waals surface area contributed by atoms with Crippen molar-refractivity contribution < 1.29 is 14.6 Å². The van der Waals surface area contributed by atoms with Crippen molar-refractivity contribution in [2.24, 2.45) is 0 Å². The first kappa shape index (κ1) is 17.7. The van der Waals surface area contributed by atoms with E-state index in [9.17, 15) is 9.90 Å². The van der Waals surface area contributed by atoms with Gasteiger partial charge >= 0.3 is 11.8 Å². The average molecular weight is 370 g/mol. The van der Waals surface area contributed by atoms with Crippen molar-refractivity contribution in [2.45, 2.75) is 13.5 Å². The van der Waals surface area contributed by atoms with Gasteiger partial charge in [0.15, 0.2) is 0 Å². The van der Waals surface area contributed by atoms with E-state index < -0.39 is 5.97 Å². The van der Waals surface area contributed by atoms with Gasteiger partial charge in [0.1, 0.15) is 12.2 Å². The quantitative estimate of drug-likeness (QED) is 0.535. The van der Waals surface area contributed by atoms with Crippen LogP contribution >= 0.6 is 0 Å². The predicted octanol–water partition coefficient (Wildman–Crippen LogP) is 3.83. The lowest BCUT2D eigenvalue weighted by Gasteiger charge is -2.11. The first-order valence-electron chi connectivity index (χ1n) is 9.01. The Bertz CT molecular complexity index is 1180. The number of nitrogens with zero attached hydrogens (tertiary/aromatic N) is 2. The van der Waals surface area contributed by atoms with Crippen molar-refractivity contribution in [3.63, 3.8) is 0 Å². The van der Waals surface area contributed by atoms with E-state index in [1.807, 2.05) is 61.5 Å². The van der Waals surface area contributed by atoms with Gasteiger partial charge in [-0.15, -0.1) is 4.68 Å². The summed E-state index contributed by atoms with van der Waals surface area (Å²) in [5.74, 6) is -0.457. The van der Waals surface area contributed by atoms with Crippen molar-refractivity contribution >= 4 is 22.6 Å². The third-order valence-electron chi connectivity index (χ3n) is 4.85. The van der Waals surface area contributed by atoms with Gasteiger partial charge < -0.3 is 5.11 Å². The Kier molecular flexibility index (Phi) is 4.49. The van der Waals surface area contributed by atoms with Crippen molar-refractivity contribution in [3.8, 4) is 11.3 Å². The Hall–Kier alpha value is -3.73. The van der Waals surface area contributed by atoms with Gasteiger partial charge in [-0.1, -0.05) is 71.3 Å². The van der Waals surface area contributed by atoms with Gasteiger partial charge in [-0.25, -0.2) is 4.79 Å². The van der Waals surface area contributed by atoms with E-state index in [1.165, 1.54) is 5.56 Å². The summed E-state index contributed by atoms with van der Waals surface area (Å²) >= 11 is 0. The SMILES string of the molecule is Cc1ccc(-c2n[n+](Cc3ccccc3C(=O)O)c(N)c3ccccc23)cc1. The second-order valence-corrected chi connectivity index (χ2v) is 6.77. The molecule has 0 spiro atoms. The predicted molar refractivity (Wildman–Crippen MR) is 109 cm³/mol. The van der Waals surface area contributed by atoms with Gasteiger partial charge in [0.2, 0.25) is 0 Å². The number of aromatic carboxylic acids is 1. The smallest absolute Gasteiger partial charge is 0.336 e. The van der Waals surface area contributed by atoms with Crippen LogP contribution in [0.5, 0.6) is 0 Å². The van der Waals surface area contributed by atoms with Crippen LogP contribution in [0.4, 0.5) is 5.82 Å². The minimum Gasteiger partial charge on any atom is -0.478 e. The number of carboxylic acids is 1. The molecule has 0 fully saturated rings. The number of fused-ring (bicyclic) bond motifs is 1. The van der Waals surface area contributed by atoms with Crippen molar-refractivity contribution in [3.05, 3.63) is 89.5 Å². The van der Waals surface area contributed by atoms with Crippen LogP contribution in [0.15, 0.2) is 72.8 Å². The highest BCUT2D eigenvalue weighted by Crippen LogP contribution is 2.28. The maximum Gasteiger partial charge on any atom is 0.336 e. The normalized spacial score (nSPS) is 10.9. The fourth-order valence-electron chi connectivity index (χ4n) is 3.35. The van der Waals surface area contributed by atoms with Crippen LogP contribution in [-0.4, -0.2) is 16.2 Å². The van der Waals surface area contributed by atoms with E-state index >= 15 is 0 Å². The lowest BCUT2D eigenvalue weighted by Crippen LogP contribution is -2.42. The molecule has 0 unspecified atom stereocenters. The van der Waals surface area contributed by atoms with Gasteiger partial charge in [-0.05, 0) is 19.1 Å². The molecular weight excluding hydrogens is 350 g/mol. The molecule has 4 rings (SSSR count). The fraction of sp³-hybridized carbons (Fsp3) is 0.0870. The Morgan fingerprint density at radius 1 is 0.964 bits per heavy atom. The Morgan fingerprint density at radius 2 is 1.61 bits per heavy atom. The standard InChI is InChI=1S/C23H19N3O2/c1-15-10-12-16(13-11-15)21-19-8-4-5-9-20(19)22(24)26(25-21)14-17-6-2-3-7-18(17)23(27)28/h2-13,24H,14H2,1H3,(H,27,28)/p+1. The molecule has 3 N–H and O–H groups in total. The summed E-state index contributed by atoms with van der Waals surface area (Å²) < 4.78 is 1.68. The summed E-state index contributed by atoms with van der Waals surface area (Å²) in [4.78, 5) is 11.6. The number of anilines is 1. The third-order valence-corrected chi connectivity index (χ3v) is 4.85. The number of carbonyl (C=O) groups is 1. The van der Waals surface area contributed by atoms with Gasteiger partial charge in [0, 0.05) is 16.5 Å². The topological polar surface area (TPSA) is 80.1 Å². The van der Waals surface area contributed by atoms with Crippen LogP contribution in [0.1, 0.15) is 21.5 Å². The molecule has 3 aromatic carbocycles. The van der Waals surface area contributed by atoms with Crippen LogP contribution in [0, 0.1) is 6.92 Å². The maximum atomic E-state index is 11.6. The second kappa shape index (κ2) is 7.12. The summed E-state index contributed by atoms with van der Waals surface area (Å²) in [6, 6.07) is 23.0. The van der Waals surface area contributed by atoms with E-state index in [2.05, 4.69) is 0 Å². The lowest BCUT2D eigenvalue weighted by atomic mass is 10.0. The number of rotatable bonds is 4. The zero-order valence-electron chi connectivity index (χ0n) is 15.5. The zero-order valence-corrected chi connectivity index (χ0v) is 15.5. The molecular formula is C23H20N3O2+. The molecule has 0 aliphatic heterocycles. The highest BCUT2D eigenvalue weighted by molar-refractivity contribution is 5.98. The molecule has 0 atom stereocenters. The summed E-state index contributed by atoms with van der Waals surface area (Å²) in [6.45, 7) is 2.32. The van der Waals surface area contributed by atoms with Gasteiger partial charge in [-0.3, -0.25) is 5.73 Å². The van der Waals surface area contributed by atoms with Crippen LogP contribution < -0.4 is 10.4 Å². The number of aryl methyl sites for hydroxylation is 1. The van der Waals surface area contributed by atoms with Crippen molar-refractivity contribution in [1.82, 2.24) is 5.10 Å². The molecule has 0 aliphatic carbocycles. The highest BCUT2D eigenvalue weighted by Gasteiger charge is 2.20. The molecule has 0 saturated carbocycles. The van der Waals surface area contributed by atoms with Crippen LogP contribution in [0.2, 0.25) is 0 Å². The van der Waals surface area contributed by atoms with E-state index in [0.29, 0.717) is 11.4 Å². The van der Waals surface area contributed by atoms with Gasteiger partial charge in [0.25, 0.3) is 0 Å². The Balaban J connectivity index is 1.91. The first-order chi connectivity index (χ1) is 13.5. The van der Waals surface area contributed by atoms with E-state index in [-0.39, 0.29) is 12.1 Å². The largest absolute Gasteiger partial charge is 0.478 e. The second-order valence-electron chi connectivity index (χ2n) is 6.77. The maximum absolute atomic E-state index is 11.6. The monoisotopic (exact) mass is 370 g/mol. The average Bonchev–Trinajstić information content (AvgIpc) is 2.71. The number of benzene rings is 3. The number of hydrogen-bond donors (Lipinski definition) is 2. The summed E-state index contributed by atoms with van der Waals surface area (Å²) in [6.07, 6.45) is 0. The molecule has 0 amide bonds.